The van der Waals surface area contributed by atoms with Crippen molar-refractivity contribution in [1.29, 1.82) is 0 Å². The predicted octanol–water partition coefficient (Wildman–Crippen LogP) is 3.51. The van der Waals surface area contributed by atoms with Gasteiger partial charge in [-0.2, -0.15) is 0 Å². The number of carbonyl (C=O) groups excluding carboxylic acids is 1. The Morgan fingerprint density at radius 3 is 2.71 bits per heavy atom. The van der Waals surface area contributed by atoms with E-state index in [1.54, 1.807) is 6.20 Å². The van der Waals surface area contributed by atoms with Gasteiger partial charge in [-0.25, -0.2) is 14.4 Å². The topological polar surface area (TPSA) is 54.9 Å². The second-order valence-corrected chi connectivity index (χ2v) is 5.68. The minimum Gasteiger partial charge on any atom is -0.355 e. The first-order valence-electron chi connectivity index (χ1n) is 6.62. The van der Waals surface area contributed by atoms with Gasteiger partial charge in [0.1, 0.15) is 5.15 Å². The molecule has 1 N–H and O–H groups in total. The van der Waals surface area contributed by atoms with Crippen LogP contribution in [0, 0.1) is 0 Å². The average Bonchev–Trinajstić information content (AvgIpc) is 3.27. The molecule has 1 aliphatic rings. The number of aromatic nitrogens is 2. The highest BCUT2D eigenvalue weighted by atomic mass is 35.5. The van der Waals surface area contributed by atoms with Crippen molar-refractivity contribution in [2.75, 3.05) is 12.8 Å². The predicted molar refractivity (Wildman–Crippen MR) is 84.3 cm³/mol. The van der Waals surface area contributed by atoms with Gasteiger partial charge >= 0.3 is 0 Å². The summed E-state index contributed by atoms with van der Waals surface area (Å²) in [5.41, 5.74) is 0.277. The Kier molecular flexibility index (Phi) is 7.11. The van der Waals surface area contributed by atoms with E-state index in [2.05, 4.69) is 21.9 Å². The van der Waals surface area contributed by atoms with E-state index in [1.807, 2.05) is 13.2 Å². The second kappa shape index (κ2) is 8.34. The van der Waals surface area contributed by atoms with Crippen molar-refractivity contribution >= 4 is 29.3 Å². The Labute approximate surface area is 133 Å². The Balaban J connectivity index is 0.000000677. The molecule has 1 aromatic heterocycles. The third-order valence-electron chi connectivity index (χ3n) is 3.14. The molecule has 1 fully saturated rings. The number of thioether (sulfide) groups is 1. The van der Waals surface area contributed by atoms with E-state index in [9.17, 15) is 9.18 Å². The first kappa shape index (κ1) is 17.9. The van der Waals surface area contributed by atoms with Gasteiger partial charge in [0.05, 0.1) is 11.7 Å². The molecule has 4 nitrogen and oxygen atoms in total. The Morgan fingerprint density at radius 1 is 1.67 bits per heavy atom. The van der Waals surface area contributed by atoms with Gasteiger partial charge in [-0.3, -0.25) is 4.79 Å². The summed E-state index contributed by atoms with van der Waals surface area (Å²) < 4.78 is 10.1. The van der Waals surface area contributed by atoms with Crippen molar-refractivity contribution in [1.82, 2.24) is 15.3 Å². The van der Waals surface area contributed by atoms with Gasteiger partial charge in [0.15, 0.2) is 5.16 Å². The van der Waals surface area contributed by atoms with Gasteiger partial charge in [-0.15, -0.1) is 0 Å². The lowest BCUT2D eigenvalue weighted by molar-refractivity contribution is -0.123. The maximum absolute atomic E-state index is 12.2. The van der Waals surface area contributed by atoms with Gasteiger partial charge in [0.2, 0.25) is 5.91 Å². The Morgan fingerprint density at radius 2 is 2.29 bits per heavy atom. The lowest BCUT2D eigenvalue weighted by Crippen LogP contribution is -2.35. The quantitative estimate of drug-likeness (QED) is 0.509. The van der Waals surface area contributed by atoms with E-state index in [0.717, 1.165) is 24.8 Å². The summed E-state index contributed by atoms with van der Waals surface area (Å²) in [6.45, 7) is 5.42. The van der Waals surface area contributed by atoms with E-state index in [0.29, 0.717) is 16.9 Å². The van der Waals surface area contributed by atoms with Gasteiger partial charge < -0.3 is 5.32 Å². The third kappa shape index (κ3) is 4.41. The molecular formula is C14H19ClFN3OS. The van der Waals surface area contributed by atoms with Crippen molar-refractivity contribution < 1.29 is 9.18 Å². The molecule has 116 valence electrons. The fraction of sp³-hybridized carbons (Fsp3) is 0.500. The number of carbonyl (C=O) groups is 1. The van der Waals surface area contributed by atoms with Crippen LogP contribution >= 0.6 is 23.4 Å². The van der Waals surface area contributed by atoms with E-state index in [-0.39, 0.29) is 12.2 Å². The maximum atomic E-state index is 12.2. The van der Waals surface area contributed by atoms with E-state index in [4.69, 9.17) is 11.6 Å². The molecule has 1 saturated carbocycles. The van der Waals surface area contributed by atoms with Crippen LogP contribution in [-0.2, 0) is 10.2 Å². The minimum absolute atomic E-state index is 0.0479. The monoisotopic (exact) mass is 331 g/mol. The van der Waals surface area contributed by atoms with E-state index < -0.39 is 5.41 Å². The summed E-state index contributed by atoms with van der Waals surface area (Å²) in [5.74, 6) is 0.0479. The van der Waals surface area contributed by atoms with Crippen molar-refractivity contribution in [2.24, 2.45) is 0 Å². The van der Waals surface area contributed by atoms with E-state index >= 15 is 0 Å². The van der Waals surface area contributed by atoms with Crippen molar-refractivity contribution in [3.8, 4) is 0 Å². The molecule has 1 heterocycles. The van der Waals surface area contributed by atoms with Crippen LogP contribution in [0.4, 0.5) is 4.39 Å². The lowest BCUT2D eigenvalue weighted by atomic mass is 9.98. The third-order valence-corrected chi connectivity index (χ3v) is 3.99. The number of nitrogens with one attached hydrogen (secondary N) is 1. The van der Waals surface area contributed by atoms with Gasteiger partial charge in [-0.1, -0.05) is 36.9 Å². The zero-order valence-corrected chi connectivity index (χ0v) is 13.7. The number of halogens is 2. The van der Waals surface area contributed by atoms with Crippen LogP contribution in [0.25, 0.3) is 0 Å². The van der Waals surface area contributed by atoms with E-state index in [1.165, 1.54) is 11.8 Å². The fourth-order valence-electron chi connectivity index (χ4n) is 1.92. The lowest BCUT2D eigenvalue weighted by Gasteiger charge is -2.16. The number of nitrogens with zero attached hydrogens (tertiary/aromatic N) is 2. The molecule has 7 heteroatoms. The molecule has 0 bridgehead atoms. The molecule has 0 spiro atoms. The normalized spacial score (nSPS) is 14.7. The highest BCUT2D eigenvalue weighted by Gasteiger charge is 2.52. The summed E-state index contributed by atoms with van der Waals surface area (Å²) in [6.07, 6.45) is 6.41. The molecule has 1 amide bonds. The number of hydrogen-bond acceptors (Lipinski definition) is 4. The van der Waals surface area contributed by atoms with Crippen molar-refractivity contribution in [3.05, 3.63) is 29.8 Å². The molecular weight excluding hydrogens is 313 g/mol. The van der Waals surface area contributed by atoms with Crippen LogP contribution in [0.2, 0.25) is 5.15 Å². The first-order chi connectivity index (χ1) is 10.1. The molecule has 0 unspecified atom stereocenters. The zero-order chi connectivity index (χ0) is 15.9. The SMILES string of the molecule is C=CF.CCCNC(=O)C1(c2cnc(SC)nc2Cl)CC1. The molecule has 0 saturated heterocycles. The largest absolute Gasteiger partial charge is 0.355 e. The zero-order valence-electron chi connectivity index (χ0n) is 12.2. The first-order valence-corrected chi connectivity index (χ1v) is 8.22. The molecule has 0 aliphatic heterocycles. The highest BCUT2D eigenvalue weighted by molar-refractivity contribution is 7.98. The van der Waals surface area contributed by atoms with Crippen LogP contribution in [0.1, 0.15) is 31.7 Å². The minimum atomic E-state index is -0.483. The van der Waals surface area contributed by atoms with Crippen LogP contribution < -0.4 is 5.32 Å². The number of hydrogen-bond donors (Lipinski definition) is 1. The summed E-state index contributed by atoms with van der Waals surface area (Å²) in [4.78, 5) is 20.6. The summed E-state index contributed by atoms with van der Waals surface area (Å²) >= 11 is 7.60. The summed E-state index contributed by atoms with van der Waals surface area (Å²) in [7, 11) is 0. The van der Waals surface area contributed by atoms with Gasteiger partial charge in [0, 0.05) is 18.3 Å². The summed E-state index contributed by atoms with van der Waals surface area (Å²) in [6, 6.07) is 0. The standard InChI is InChI=1S/C12H16ClN3OS.C2H3F/c1-3-6-14-10(17)12(4-5-12)8-7-15-11(18-2)16-9(8)13;1-2-3/h7H,3-6H2,1-2H3,(H,14,17);2H,1H2. The molecule has 1 aliphatic carbocycles. The second-order valence-electron chi connectivity index (χ2n) is 4.55. The average molecular weight is 332 g/mol. The maximum Gasteiger partial charge on any atom is 0.230 e. The smallest absolute Gasteiger partial charge is 0.230 e. The molecule has 0 aromatic carbocycles. The highest BCUT2D eigenvalue weighted by Crippen LogP contribution is 2.50. The van der Waals surface area contributed by atoms with Crippen molar-refractivity contribution in [3.63, 3.8) is 0 Å². The molecule has 1 aromatic rings. The van der Waals surface area contributed by atoms with Gasteiger partial charge in [0.25, 0.3) is 0 Å². The number of rotatable bonds is 5. The molecule has 2 rings (SSSR count). The fourth-order valence-corrected chi connectivity index (χ4v) is 2.62. The Bertz CT molecular complexity index is 509. The van der Waals surface area contributed by atoms with Crippen LogP contribution in [0.3, 0.4) is 0 Å². The van der Waals surface area contributed by atoms with Crippen molar-refractivity contribution in [2.45, 2.75) is 36.8 Å². The summed E-state index contributed by atoms with van der Waals surface area (Å²) in [5, 5.41) is 3.97. The Hall–Kier alpha value is -1.14. The molecule has 0 radical (unpaired) electrons. The number of amides is 1. The van der Waals surface area contributed by atoms with Gasteiger partial charge in [-0.05, 0) is 25.5 Å². The van der Waals surface area contributed by atoms with Crippen LogP contribution in [0.5, 0.6) is 0 Å². The van der Waals surface area contributed by atoms with Crippen LogP contribution in [-0.4, -0.2) is 28.7 Å². The van der Waals surface area contributed by atoms with Crippen LogP contribution in [0.15, 0.2) is 24.3 Å². The molecule has 21 heavy (non-hydrogen) atoms. The molecule has 0 atom stereocenters.